The number of nitrogens with zero attached hydrogens (tertiary/aromatic N) is 1. The van der Waals surface area contributed by atoms with Gasteiger partial charge in [-0.15, -0.1) is 0 Å². The molecule has 0 spiro atoms. The summed E-state index contributed by atoms with van der Waals surface area (Å²) in [6.45, 7) is 1.53. The number of hydrogen-bond acceptors (Lipinski definition) is 3. The molecule has 0 atom stereocenters. The van der Waals surface area contributed by atoms with Crippen molar-refractivity contribution in [1.29, 1.82) is 0 Å². The van der Waals surface area contributed by atoms with E-state index in [0.29, 0.717) is 5.69 Å². The fraction of sp³-hybridized carbons (Fsp3) is 0.222. The highest BCUT2D eigenvalue weighted by atomic mass is 19.1. The molecule has 2 aromatic carbocycles. The Morgan fingerprint density at radius 2 is 1.76 bits per heavy atom. The van der Waals surface area contributed by atoms with Crippen molar-refractivity contribution in [2.24, 2.45) is 0 Å². The van der Waals surface area contributed by atoms with E-state index in [1.165, 1.54) is 11.9 Å². The van der Waals surface area contributed by atoms with Gasteiger partial charge in [-0.05, 0) is 37.3 Å². The van der Waals surface area contributed by atoms with Crippen molar-refractivity contribution >= 4 is 23.2 Å². The molecule has 0 aromatic heterocycles. The summed E-state index contributed by atoms with van der Waals surface area (Å²) in [6, 6.07) is 10.2. The number of hydrogen-bond donors (Lipinski definition) is 2. The summed E-state index contributed by atoms with van der Waals surface area (Å²) in [5, 5.41) is 5.21. The van der Waals surface area contributed by atoms with Crippen molar-refractivity contribution in [3.63, 3.8) is 0 Å². The number of benzene rings is 2. The average Bonchev–Trinajstić information content (AvgIpc) is 2.57. The maximum Gasteiger partial charge on any atom is 0.243 e. The Hall–Kier alpha value is -2.96. The first-order valence-electron chi connectivity index (χ1n) is 7.64. The van der Waals surface area contributed by atoms with Gasteiger partial charge in [-0.25, -0.2) is 8.78 Å². The van der Waals surface area contributed by atoms with Crippen LogP contribution in [0.1, 0.15) is 5.56 Å². The molecule has 0 unspecified atom stereocenters. The number of likely N-dealkylation sites (N-methyl/N-ethyl adjacent to an activating group) is 1. The Bertz CT molecular complexity index is 763. The van der Waals surface area contributed by atoms with Crippen molar-refractivity contribution in [2.75, 3.05) is 30.8 Å². The van der Waals surface area contributed by atoms with Crippen LogP contribution in [-0.4, -0.2) is 36.9 Å². The van der Waals surface area contributed by atoms with Crippen molar-refractivity contribution in [3.05, 3.63) is 59.7 Å². The average molecular weight is 347 g/mol. The number of anilines is 2. The maximum absolute atomic E-state index is 13.5. The molecule has 5 nitrogen and oxygen atoms in total. The molecular formula is C18H19F2N3O2. The van der Waals surface area contributed by atoms with Crippen LogP contribution in [0, 0.1) is 18.6 Å². The quantitative estimate of drug-likeness (QED) is 0.845. The molecule has 2 amide bonds. The van der Waals surface area contributed by atoms with Crippen LogP contribution in [0.3, 0.4) is 0 Å². The fourth-order valence-electron chi connectivity index (χ4n) is 2.08. The Labute approximate surface area is 144 Å². The second-order valence-electron chi connectivity index (χ2n) is 5.64. The summed E-state index contributed by atoms with van der Waals surface area (Å²) in [7, 11) is 1.46. The van der Waals surface area contributed by atoms with Crippen molar-refractivity contribution in [2.45, 2.75) is 6.92 Å². The lowest BCUT2D eigenvalue weighted by Crippen LogP contribution is -2.38. The molecule has 0 saturated heterocycles. The van der Waals surface area contributed by atoms with Crippen molar-refractivity contribution < 1.29 is 18.4 Å². The lowest BCUT2D eigenvalue weighted by molar-refractivity contribution is -0.131. The first kappa shape index (κ1) is 18.4. The lowest BCUT2D eigenvalue weighted by Gasteiger charge is -2.17. The summed E-state index contributed by atoms with van der Waals surface area (Å²) < 4.78 is 26.6. The maximum atomic E-state index is 13.5. The van der Waals surface area contributed by atoms with Gasteiger partial charge in [0.25, 0.3) is 0 Å². The SMILES string of the molecule is Cc1ccc(NC(=O)CN(C)C(=O)CNc2cc(F)ccc2F)cc1. The number of rotatable bonds is 6. The van der Waals surface area contributed by atoms with E-state index in [-0.39, 0.29) is 24.7 Å². The minimum absolute atomic E-state index is 0.106. The normalized spacial score (nSPS) is 10.2. The van der Waals surface area contributed by atoms with Crippen LogP contribution in [-0.2, 0) is 9.59 Å². The summed E-state index contributed by atoms with van der Waals surface area (Å²) in [4.78, 5) is 25.2. The van der Waals surface area contributed by atoms with Crippen LogP contribution in [0.15, 0.2) is 42.5 Å². The molecule has 2 N–H and O–H groups in total. The van der Waals surface area contributed by atoms with E-state index < -0.39 is 17.5 Å². The van der Waals surface area contributed by atoms with Crippen LogP contribution in [0.2, 0.25) is 0 Å². The molecule has 0 saturated carbocycles. The van der Waals surface area contributed by atoms with Gasteiger partial charge in [0, 0.05) is 12.7 Å². The van der Waals surface area contributed by atoms with Gasteiger partial charge in [-0.1, -0.05) is 17.7 Å². The smallest absolute Gasteiger partial charge is 0.243 e. The molecule has 0 aliphatic heterocycles. The van der Waals surface area contributed by atoms with Crippen LogP contribution < -0.4 is 10.6 Å². The molecule has 2 rings (SSSR count). The van der Waals surface area contributed by atoms with Gasteiger partial charge in [0.15, 0.2) is 0 Å². The Morgan fingerprint density at radius 3 is 2.44 bits per heavy atom. The fourth-order valence-corrected chi connectivity index (χ4v) is 2.08. The second-order valence-corrected chi connectivity index (χ2v) is 5.64. The standard InChI is InChI=1S/C18H19F2N3O2/c1-12-3-6-14(7-4-12)22-17(24)11-23(2)18(25)10-21-16-9-13(19)5-8-15(16)20/h3-9,21H,10-11H2,1-2H3,(H,22,24). The van der Waals surface area contributed by atoms with E-state index in [2.05, 4.69) is 10.6 Å². The van der Waals surface area contributed by atoms with Crippen LogP contribution in [0.5, 0.6) is 0 Å². The number of halogens is 2. The lowest BCUT2D eigenvalue weighted by atomic mass is 10.2. The Kier molecular flexibility index (Phi) is 6.05. The van der Waals surface area contributed by atoms with E-state index in [9.17, 15) is 18.4 Å². The number of amides is 2. The first-order chi connectivity index (χ1) is 11.8. The van der Waals surface area contributed by atoms with Gasteiger partial charge in [0.1, 0.15) is 11.6 Å². The van der Waals surface area contributed by atoms with Gasteiger partial charge in [-0.2, -0.15) is 0 Å². The predicted molar refractivity (Wildman–Crippen MR) is 92.3 cm³/mol. The summed E-state index contributed by atoms with van der Waals surface area (Å²) in [5.41, 5.74) is 1.60. The number of nitrogens with one attached hydrogen (secondary N) is 2. The van der Waals surface area contributed by atoms with Gasteiger partial charge >= 0.3 is 0 Å². The molecule has 0 fully saturated rings. The van der Waals surface area contributed by atoms with E-state index in [0.717, 1.165) is 23.8 Å². The summed E-state index contributed by atoms with van der Waals surface area (Å²) in [6.07, 6.45) is 0. The highest BCUT2D eigenvalue weighted by Crippen LogP contribution is 2.15. The number of carbonyl (C=O) groups is 2. The first-order valence-corrected chi connectivity index (χ1v) is 7.64. The van der Waals surface area contributed by atoms with E-state index >= 15 is 0 Å². The summed E-state index contributed by atoms with van der Waals surface area (Å²) in [5.74, 6) is -2.05. The van der Waals surface area contributed by atoms with Crippen molar-refractivity contribution in [1.82, 2.24) is 4.90 Å². The Balaban J connectivity index is 1.84. The van der Waals surface area contributed by atoms with E-state index in [4.69, 9.17) is 0 Å². The van der Waals surface area contributed by atoms with Crippen LogP contribution >= 0.6 is 0 Å². The molecule has 0 heterocycles. The van der Waals surface area contributed by atoms with Crippen LogP contribution in [0.25, 0.3) is 0 Å². The number of carbonyl (C=O) groups excluding carboxylic acids is 2. The third-order valence-corrected chi connectivity index (χ3v) is 3.50. The number of aryl methyl sites for hydroxylation is 1. The van der Waals surface area contributed by atoms with E-state index in [1.54, 1.807) is 12.1 Å². The van der Waals surface area contributed by atoms with Gasteiger partial charge in [0.2, 0.25) is 11.8 Å². The summed E-state index contributed by atoms with van der Waals surface area (Å²) >= 11 is 0. The topological polar surface area (TPSA) is 61.4 Å². The molecular weight excluding hydrogens is 328 g/mol. The zero-order valence-corrected chi connectivity index (χ0v) is 14.0. The third-order valence-electron chi connectivity index (χ3n) is 3.50. The van der Waals surface area contributed by atoms with Crippen LogP contribution in [0.4, 0.5) is 20.2 Å². The molecule has 0 aliphatic carbocycles. The molecule has 7 heteroatoms. The molecule has 0 bridgehead atoms. The van der Waals surface area contributed by atoms with E-state index in [1.807, 2.05) is 19.1 Å². The minimum atomic E-state index is -0.658. The van der Waals surface area contributed by atoms with Gasteiger partial charge < -0.3 is 15.5 Å². The van der Waals surface area contributed by atoms with Gasteiger partial charge in [-0.3, -0.25) is 9.59 Å². The molecule has 132 valence electrons. The molecule has 2 aromatic rings. The highest BCUT2D eigenvalue weighted by Gasteiger charge is 2.14. The van der Waals surface area contributed by atoms with Gasteiger partial charge in [0.05, 0.1) is 18.8 Å². The zero-order chi connectivity index (χ0) is 18.4. The Morgan fingerprint density at radius 1 is 1.08 bits per heavy atom. The monoisotopic (exact) mass is 347 g/mol. The molecule has 0 radical (unpaired) electrons. The largest absolute Gasteiger partial charge is 0.374 e. The molecule has 25 heavy (non-hydrogen) atoms. The molecule has 0 aliphatic rings. The van der Waals surface area contributed by atoms with Crippen molar-refractivity contribution in [3.8, 4) is 0 Å². The predicted octanol–water partition coefficient (Wildman–Crippen LogP) is 2.78. The third kappa shape index (κ3) is 5.56. The zero-order valence-electron chi connectivity index (χ0n) is 14.0. The highest BCUT2D eigenvalue weighted by molar-refractivity contribution is 5.95. The second kappa shape index (κ2) is 8.23. The minimum Gasteiger partial charge on any atom is -0.374 e.